The van der Waals surface area contributed by atoms with Crippen LogP contribution in [0.1, 0.15) is 25.7 Å². The van der Waals surface area contributed by atoms with Crippen LogP contribution < -0.4 is 14.4 Å². The summed E-state index contributed by atoms with van der Waals surface area (Å²) in [6.07, 6.45) is 0. The van der Waals surface area contributed by atoms with Gasteiger partial charge in [0.25, 0.3) is 0 Å². The monoisotopic (exact) mass is 528 g/mol. The number of hydrogen-bond acceptors (Lipinski definition) is 10. The van der Waals surface area contributed by atoms with E-state index in [2.05, 4.69) is 46.6 Å². The fraction of sp³-hybridized carbons (Fsp3) is 0.391. The Kier molecular flexibility index (Phi) is 6.88. The average Bonchev–Trinajstić information content (AvgIpc) is 3.51. The van der Waals surface area contributed by atoms with Gasteiger partial charge in [0.2, 0.25) is 10.0 Å². The highest BCUT2D eigenvalue weighted by Gasteiger charge is 2.26. The van der Waals surface area contributed by atoms with Gasteiger partial charge in [-0.3, -0.25) is 4.57 Å². The van der Waals surface area contributed by atoms with E-state index in [1.165, 1.54) is 6.07 Å². The fourth-order valence-electron chi connectivity index (χ4n) is 4.25. The molecule has 0 saturated carbocycles. The zero-order chi connectivity index (χ0) is 25.3. The third kappa shape index (κ3) is 4.91. The lowest BCUT2D eigenvalue weighted by Crippen LogP contribution is -2.44. The normalized spacial score (nSPS) is 15.9. The molecule has 0 aliphatic carbocycles. The van der Waals surface area contributed by atoms with Gasteiger partial charge in [0.15, 0.2) is 5.82 Å². The number of fused-ring (bicyclic) bond motifs is 1. The van der Waals surface area contributed by atoms with E-state index in [0.29, 0.717) is 35.2 Å². The highest BCUT2D eigenvalue weighted by atomic mass is 32.2. The summed E-state index contributed by atoms with van der Waals surface area (Å²) in [6.45, 7) is 8.11. The van der Waals surface area contributed by atoms with Gasteiger partial charge >= 0.3 is 6.01 Å². The van der Waals surface area contributed by atoms with E-state index in [0.717, 1.165) is 43.6 Å². The molecule has 1 N–H and O–H groups in total. The van der Waals surface area contributed by atoms with Gasteiger partial charge in [-0.2, -0.15) is 8.75 Å². The summed E-state index contributed by atoms with van der Waals surface area (Å²) in [6, 6.07) is 12.5. The van der Waals surface area contributed by atoms with Crippen molar-refractivity contribution in [3.05, 3.63) is 48.3 Å². The van der Waals surface area contributed by atoms with Crippen LogP contribution in [0.25, 0.3) is 11.0 Å². The first-order chi connectivity index (χ1) is 17.4. The second-order valence-corrected chi connectivity index (χ2v) is 10.9. The molecule has 1 saturated heterocycles. The fourth-order valence-corrected chi connectivity index (χ4v) is 6.22. The van der Waals surface area contributed by atoms with Crippen molar-refractivity contribution in [2.75, 3.05) is 38.1 Å². The van der Waals surface area contributed by atoms with E-state index >= 15 is 0 Å². The Bertz CT molecular complexity index is 1460. The molecule has 1 aliphatic rings. The zero-order valence-electron chi connectivity index (χ0n) is 20.3. The lowest BCUT2D eigenvalue weighted by Gasteiger charge is -2.34. The number of likely N-dealkylation sites (N-methyl/N-ethyl adjacent to an activating group) is 1. The number of piperazine rings is 1. The van der Waals surface area contributed by atoms with Crippen LogP contribution in [0, 0.1) is 0 Å². The summed E-state index contributed by atoms with van der Waals surface area (Å²) in [7, 11) is -1.75. The molecule has 36 heavy (non-hydrogen) atoms. The molecule has 1 aliphatic heterocycles. The Hall–Kier alpha value is -3.13. The molecule has 1 fully saturated rings. The van der Waals surface area contributed by atoms with Crippen LogP contribution in [-0.2, 0) is 16.6 Å². The van der Waals surface area contributed by atoms with E-state index in [-0.39, 0.29) is 4.90 Å². The van der Waals surface area contributed by atoms with Crippen molar-refractivity contribution in [1.29, 1.82) is 0 Å². The average molecular weight is 529 g/mol. The first kappa shape index (κ1) is 24.6. The molecular formula is C23H28N8O3S2. The van der Waals surface area contributed by atoms with Crippen LogP contribution in [-0.4, -0.2) is 70.1 Å². The molecule has 3 heterocycles. The van der Waals surface area contributed by atoms with Crippen LogP contribution in [0.15, 0.2) is 47.4 Å². The van der Waals surface area contributed by atoms with Gasteiger partial charge in [-0.25, -0.2) is 13.1 Å². The van der Waals surface area contributed by atoms with Crippen molar-refractivity contribution in [2.24, 2.45) is 0 Å². The van der Waals surface area contributed by atoms with E-state index in [1.807, 2.05) is 25.1 Å². The van der Waals surface area contributed by atoms with Gasteiger partial charge in [0, 0.05) is 44.5 Å². The van der Waals surface area contributed by atoms with Crippen molar-refractivity contribution in [3.63, 3.8) is 0 Å². The minimum absolute atomic E-state index is 0.0837. The Labute approximate surface area is 214 Å². The largest absolute Gasteiger partial charge is 0.424 e. The smallest absolute Gasteiger partial charge is 0.322 e. The highest BCUT2D eigenvalue weighted by molar-refractivity contribution is 7.89. The summed E-state index contributed by atoms with van der Waals surface area (Å²) in [5.41, 5.74) is 1.99. The Morgan fingerprint density at radius 2 is 1.86 bits per heavy atom. The quantitative estimate of drug-likeness (QED) is 0.368. The lowest BCUT2D eigenvalue weighted by atomic mass is 10.2. The van der Waals surface area contributed by atoms with Crippen LogP contribution in [0.3, 0.4) is 0 Å². The maximum absolute atomic E-state index is 13.2. The van der Waals surface area contributed by atoms with Gasteiger partial charge in [0.05, 0.1) is 17.8 Å². The van der Waals surface area contributed by atoms with Crippen LogP contribution in [0.5, 0.6) is 11.8 Å². The molecule has 0 unspecified atom stereocenters. The molecule has 2 aromatic heterocycles. The summed E-state index contributed by atoms with van der Waals surface area (Å²) < 4.78 is 45.2. The first-order valence-electron chi connectivity index (χ1n) is 11.7. The molecule has 4 aromatic rings. The SMILES string of the molecule is CCn1c(Oc2cccc(N3CCN(C)CC3)c2)nnc1[C@@H](C)NS(=O)(=O)c1cccc2nsnc12. The third-order valence-electron chi connectivity index (χ3n) is 6.21. The number of rotatable bonds is 8. The van der Waals surface area contributed by atoms with E-state index < -0.39 is 16.1 Å². The minimum Gasteiger partial charge on any atom is -0.424 e. The number of nitrogens with zero attached hydrogens (tertiary/aromatic N) is 7. The maximum Gasteiger partial charge on any atom is 0.322 e. The number of nitrogens with one attached hydrogen (secondary N) is 1. The van der Waals surface area contributed by atoms with Gasteiger partial charge in [-0.1, -0.05) is 17.2 Å². The zero-order valence-corrected chi connectivity index (χ0v) is 22.0. The minimum atomic E-state index is -3.88. The van der Waals surface area contributed by atoms with E-state index in [1.54, 1.807) is 23.6 Å². The van der Waals surface area contributed by atoms with Crippen molar-refractivity contribution in [1.82, 2.24) is 33.1 Å². The maximum atomic E-state index is 13.2. The molecule has 190 valence electrons. The lowest BCUT2D eigenvalue weighted by molar-refractivity contribution is 0.312. The number of ether oxygens (including phenoxy) is 1. The Morgan fingerprint density at radius 3 is 2.64 bits per heavy atom. The van der Waals surface area contributed by atoms with Crippen molar-refractivity contribution >= 4 is 38.5 Å². The van der Waals surface area contributed by atoms with Crippen LogP contribution in [0.4, 0.5) is 5.69 Å². The summed E-state index contributed by atoms with van der Waals surface area (Å²) >= 11 is 0.978. The van der Waals surface area contributed by atoms with Crippen LogP contribution >= 0.6 is 11.7 Å². The van der Waals surface area contributed by atoms with Gasteiger partial charge in [-0.15, -0.1) is 5.10 Å². The van der Waals surface area contributed by atoms with Gasteiger partial charge in [0.1, 0.15) is 21.7 Å². The second kappa shape index (κ2) is 10.1. The Balaban J connectivity index is 1.35. The molecule has 5 rings (SSSR count). The predicted molar refractivity (Wildman–Crippen MR) is 138 cm³/mol. The number of benzene rings is 2. The Morgan fingerprint density at radius 1 is 1.08 bits per heavy atom. The standard InChI is InChI=1S/C23H28N8O3S2/c1-4-31-22(16(2)28-36(32,33)20-10-6-9-19-21(20)27-35-26-19)24-25-23(31)34-18-8-5-7-17(15-18)30-13-11-29(3)12-14-30/h5-10,15-16,28H,4,11-14H2,1-3H3/t16-/m1/s1. The van der Waals surface area contributed by atoms with Crippen molar-refractivity contribution in [3.8, 4) is 11.8 Å². The number of aromatic nitrogens is 5. The number of sulfonamides is 1. The highest BCUT2D eigenvalue weighted by Crippen LogP contribution is 2.28. The molecule has 1 atom stereocenters. The summed E-state index contributed by atoms with van der Waals surface area (Å²) in [4.78, 5) is 4.73. The first-order valence-corrected chi connectivity index (χ1v) is 13.9. The molecule has 2 aromatic carbocycles. The van der Waals surface area contributed by atoms with Gasteiger partial charge in [-0.05, 0) is 45.2 Å². The summed E-state index contributed by atoms with van der Waals surface area (Å²) in [5, 5.41) is 8.47. The molecule has 0 bridgehead atoms. The molecular weight excluding hydrogens is 500 g/mol. The molecule has 0 radical (unpaired) electrons. The number of anilines is 1. The van der Waals surface area contributed by atoms with Crippen LogP contribution in [0.2, 0.25) is 0 Å². The molecule has 0 amide bonds. The molecule has 11 nitrogen and oxygen atoms in total. The van der Waals surface area contributed by atoms with Crippen molar-refractivity contribution in [2.45, 2.75) is 31.3 Å². The van der Waals surface area contributed by atoms with E-state index in [9.17, 15) is 8.42 Å². The second-order valence-electron chi connectivity index (χ2n) is 8.71. The molecule has 0 spiro atoms. The topological polar surface area (TPSA) is 118 Å². The van der Waals surface area contributed by atoms with Crippen molar-refractivity contribution < 1.29 is 13.2 Å². The number of hydrogen-bond donors (Lipinski definition) is 1. The predicted octanol–water partition coefficient (Wildman–Crippen LogP) is 2.89. The van der Waals surface area contributed by atoms with Gasteiger partial charge < -0.3 is 14.5 Å². The van der Waals surface area contributed by atoms with E-state index in [4.69, 9.17) is 4.74 Å². The summed E-state index contributed by atoms with van der Waals surface area (Å²) in [5.74, 6) is 1.10. The third-order valence-corrected chi connectivity index (χ3v) is 8.33. The molecule has 13 heteroatoms.